The lowest BCUT2D eigenvalue weighted by Gasteiger charge is -2.09. The predicted molar refractivity (Wildman–Crippen MR) is 112 cm³/mol. The molecular formula is C20H20N4O6S. The number of fused-ring (bicyclic) bond motifs is 1. The molecule has 162 valence electrons. The monoisotopic (exact) mass is 444 g/mol. The van der Waals surface area contributed by atoms with Crippen molar-refractivity contribution in [1.82, 2.24) is 15.1 Å². The van der Waals surface area contributed by atoms with E-state index in [4.69, 9.17) is 9.88 Å². The van der Waals surface area contributed by atoms with Gasteiger partial charge in [-0.2, -0.15) is 5.10 Å². The Hall–Kier alpha value is -3.57. The van der Waals surface area contributed by atoms with E-state index in [-0.39, 0.29) is 22.7 Å². The quantitative estimate of drug-likeness (QED) is 0.490. The van der Waals surface area contributed by atoms with Crippen LogP contribution in [0.3, 0.4) is 0 Å². The van der Waals surface area contributed by atoms with Gasteiger partial charge >= 0.3 is 5.97 Å². The maximum absolute atomic E-state index is 12.4. The van der Waals surface area contributed by atoms with Crippen molar-refractivity contribution in [3.05, 3.63) is 70.1 Å². The van der Waals surface area contributed by atoms with Gasteiger partial charge in [-0.1, -0.05) is 30.3 Å². The number of esters is 1. The van der Waals surface area contributed by atoms with Crippen LogP contribution in [0.25, 0.3) is 10.8 Å². The molecule has 0 bridgehead atoms. The number of primary sulfonamides is 1. The molecular weight excluding hydrogens is 424 g/mol. The standard InChI is InChI=1S/C20H20N4O6S/c1-24-19(26)16-5-3-2-4-15(16)18(23-24)20(27)30-12-17(25)22-11-10-13-6-8-14(9-7-13)31(21,28)29/h2-9H,10-12H2,1H3,(H,22,25)(H2,21,28,29). The molecule has 0 spiro atoms. The van der Waals surface area contributed by atoms with E-state index in [0.717, 1.165) is 10.2 Å². The number of aryl methyl sites for hydroxylation is 1. The summed E-state index contributed by atoms with van der Waals surface area (Å²) in [6.45, 7) is -0.256. The number of hydrogen-bond donors (Lipinski definition) is 2. The highest BCUT2D eigenvalue weighted by Crippen LogP contribution is 2.14. The topological polar surface area (TPSA) is 150 Å². The van der Waals surface area contributed by atoms with E-state index < -0.39 is 28.5 Å². The molecule has 2 aromatic carbocycles. The molecule has 0 atom stereocenters. The van der Waals surface area contributed by atoms with Crippen molar-refractivity contribution in [2.75, 3.05) is 13.2 Å². The zero-order chi connectivity index (χ0) is 22.6. The summed E-state index contributed by atoms with van der Waals surface area (Å²) in [6, 6.07) is 12.5. The number of amides is 1. The van der Waals surface area contributed by atoms with Gasteiger partial charge in [0, 0.05) is 19.0 Å². The molecule has 0 radical (unpaired) electrons. The number of benzene rings is 2. The normalized spacial score (nSPS) is 11.3. The fourth-order valence-corrected chi connectivity index (χ4v) is 3.41. The molecule has 1 heterocycles. The smallest absolute Gasteiger partial charge is 0.359 e. The van der Waals surface area contributed by atoms with Gasteiger partial charge in [0.25, 0.3) is 11.5 Å². The van der Waals surface area contributed by atoms with Gasteiger partial charge in [0.2, 0.25) is 10.0 Å². The lowest BCUT2D eigenvalue weighted by molar-refractivity contribution is -0.124. The number of hydrogen-bond acceptors (Lipinski definition) is 7. The molecule has 0 unspecified atom stereocenters. The molecule has 10 nitrogen and oxygen atoms in total. The molecule has 0 saturated heterocycles. The van der Waals surface area contributed by atoms with E-state index in [1.54, 1.807) is 36.4 Å². The predicted octanol–water partition coefficient (Wildman–Crippen LogP) is 0.0966. The summed E-state index contributed by atoms with van der Waals surface area (Å²) in [4.78, 5) is 36.5. The first-order valence-electron chi connectivity index (χ1n) is 9.18. The zero-order valence-corrected chi connectivity index (χ0v) is 17.4. The van der Waals surface area contributed by atoms with Crippen molar-refractivity contribution in [3.8, 4) is 0 Å². The Labute approximate surface area is 177 Å². The molecule has 3 N–H and O–H groups in total. The summed E-state index contributed by atoms with van der Waals surface area (Å²) < 4.78 is 28.6. The van der Waals surface area contributed by atoms with Crippen LogP contribution in [0.5, 0.6) is 0 Å². The van der Waals surface area contributed by atoms with Crippen LogP contribution in [0.4, 0.5) is 0 Å². The summed E-state index contributed by atoms with van der Waals surface area (Å²) in [5.74, 6) is -1.33. The Kier molecular flexibility index (Phi) is 6.47. The highest BCUT2D eigenvalue weighted by molar-refractivity contribution is 7.89. The van der Waals surface area contributed by atoms with Crippen LogP contribution in [0, 0.1) is 0 Å². The largest absolute Gasteiger partial charge is 0.451 e. The minimum atomic E-state index is -3.75. The Morgan fingerprint density at radius 2 is 1.74 bits per heavy atom. The van der Waals surface area contributed by atoms with Crippen LogP contribution in [-0.4, -0.2) is 43.2 Å². The Morgan fingerprint density at radius 1 is 1.10 bits per heavy atom. The number of carbonyl (C=O) groups excluding carboxylic acids is 2. The van der Waals surface area contributed by atoms with Crippen molar-refractivity contribution in [1.29, 1.82) is 0 Å². The first-order valence-corrected chi connectivity index (χ1v) is 10.7. The maximum atomic E-state index is 12.4. The van der Waals surface area contributed by atoms with E-state index in [9.17, 15) is 22.8 Å². The van der Waals surface area contributed by atoms with Crippen LogP contribution in [0.1, 0.15) is 16.1 Å². The van der Waals surface area contributed by atoms with Gasteiger partial charge in [0.1, 0.15) is 0 Å². The molecule has 11 heteroatoms. The van der Waals surface area contributed by atoms with Gasteiger partial charge in [-0.3, -0.25) is 9.59 Å². The second kappa shape index (κ2) is 9.06. The lowest BCUT2D eigenvalue weighted by Crippen LogP contribution is -2.31. The van der Waals surface area contributed by atoms with Crippen LogP contribution < -0.4 is 16.0 Å². The highest BCUT2D eigenvalue weighted by atomic mass is 32.2. The first-order chi connectivity index (χ1) is 14.7. The fourth-order valence-electron chi connectivity index (χ4n) is 2.89. The number of rotatable bonds is 7. The van der Waals surface area contributed by atoms with E-state index >= 15 is 0 Å². The van der Waals surface area contributed by atoms with Gasteiger partial charge < -0.3 is 10.1 Å². The zero-order valence-electron chi connectivity index (χ0n) is 16.6. The molecule has 1 aromatic heterocycles. The molecule has 31 heavy (non-hydrogen) atoms. The molecule has 3 aromatic rings. The van der Waals surface area contributed by atoms with Crippen molar-refractivity contribution < 1.29 is 22.7 Å². The molecule has 0 saturated carbocycles. The van der Waals surface area contributed by atoms with Crippen molar-refractivity contribution in [2.45, 2.75) is 11.3 Å². The van der Waals surface area contributed by atoms with Gasteiger partial charge in [-0.05, 0) is 30.2 Å². The van der Waals surface area contributed by atoms with E-state index in [0.29, 0.717) is 17.2 Å². The second-order valence-corrected chi connectivity index (χ2v) is 8.25. The molecule has 0 aliphatic heterocycles. The third-order valence-electron chi connectivity index (χ3n) is 4.47. The number of nitrogens with two attached hydrogens (primary N) is 1. The van der Waals surface area contributed by atoms with Crippen LogP contribution in [0.2, 0.25) is 0 Å². The number of ether oxygens (including phenoxy) is 1. The van der Waals surface area contributed by atoms with Gasteiger partial charge in [-0.15, -0.1) is 0 Å². The Balaban J connectivity index is 1.54. The lowest BCUT2D eigenvalue weighted by atomic mass is 10.1. The summed E-state index contributed by atoms with van der Waals surface area (Å²) in [6.07, 6.45) is 0.442. The van der Waals surface area contributed by atoms with Gasteiger partial charge in [-0.25, -0.2) is 23.0 Å². The summed E-state index contributed by atoms with van der Waals surface area (Å²) >= 11 is 0. The average Bonchev–Trinajstić information content (AvgIpc) is 2.74. The maximum Gasteiger partial charge on any atom is 0.359 e. The molecule has 0 fully saturated rings. The number of nitrogens with zero attached hydrogens (tertiary/aromatic N) is 2. The van der Waals surface area contributed by atoms with Gasteiger partial charge in [0.05, 0.1) is 10.3 Å². The average molecular weight is 444 g/mol. The number of nitrogens with one attached hydrogen (secondary N) is 1. The second-order valence-electron chi connectivity index (χ2n) is 6.69. The third kappa shape index (κ3) is 5.32. The summed E-state index contributed by atoms with van der Waals surface area (Å²) in [5, 5.41) is 12.3. The first kappa shape index (κ1) is 22.1. The fraction of sp³-hybridized carbons (Fsp3) is 0.200. The SMILES string of the molecule is Cn1nc(C(=O)OCC(=O)NCCc2ccc(S(N)(=O)=O)cc2)c2ccccc2c1=O. The number of carbonyl (C=O) groups is 2. The van der Waals surface area contributed by atoms with Crippen molar-refractivity contribution >= 4 is 32.7 Å². The van der Waals surface area contributed by atoms with E-state index in [2.05, 4.69) is 10.4 Å². The Bertz CT molecular complexity index is 1300. The van der Waals surface area contributed by atoms with Crippen LogP contribution >= 0.6 is 0 Å². The minimum absolute atomic E-state index is 0.00624. The molecule has 1 amide bonds. The molecule has 0 aliphatic carbocycles. The van der Waals surface area contributed by atoms with Crippen molar-refractivity contribution in [3.63, 3.8) is 0 Å². The number of aromatic nitrogens is 2. The Morgan fingerprint density at radius 3 is 2.39 bits per heavy atom. The van der Waals surface area contributed by atoms with Crippen LogP contribution in [0.15, 0.2) is 58.2 Å². The highest BCUT2D eigenvalue weighted by Gasteiger charge is 2.18. The minimum Gasteiger partial charge on any atom is -0.451 e. The summed E-state index contributed by atoms with van der Waals surface area (Å²) in [5.41, 5.74) is 0.396. The van der Waals surface area contributed by atoms with Crippen LogP contribution in [-0.2, 0) is 33.0 Å². The summed E-state index contributed by atoms with van der Waals surface area (Å²) in [7, 11) is -2.33. The number of sulfonamides is 1. The van der Waals surface area contributed by atoms with Gasteiger partial charge in [0.15, 0.2) is 12.3 Å². The molecule has 3 rings (SSSR count). The molecule has 0 aliphatic rings. The van der Waals surface area contributed by atoms with Crippen molar-refractivity contribution in [2.24, 2.45) is 12.2 Å². The van der Waals surface area contributed by atoms with E-state index in [1.807, 2.05) is 0 Å². The van der Waals surface area contributed by atoms with E-state index in [1.165, 1.54) is 19.2 Å². The third-order valence-corrected chi connectivity index (χ3v) is 5.40.